The molecule has 0 radical (unpaired) electrons. The molecule has 1 amide bonds. The smallest absolute Gasteiger partial charge is 0.340 e. The van der Waals surface area contributed by atoms with E-state index >= 15 is 0 Å². The summed E-state index contributed by atoms with van der Waals surface area (Å²) in [6.45, 7) is 8.25. The van der Waals surface area contributed by atoms with Crippen molar-refractivity contribution in [3.63, 3.8) is 0 Å². The second-order valence-corrected chi connectivity index (χ2v) is 9.20. The fourth-order valence-corrected chi connectivity index (χ4v) is 4.77. The largest absolute Gasteiger partial charge is 0.465 e. The van der Waals surface area contributed by atoms with Gasteiger partial charge in [-0.2, -0.15) is 0 Å². The van der Waals surface area contributed by atoms with Crippen molar-refractivity contribution in [3.8, 4) is 5.69 Å². The van der Waals surface area contributed by atoms with Crippen LogP contribution in [-0.2, 0) is 20.7 Å². The van der Waals surface area contributed by atoms with E-state index in [0.29, 0.717) is 34.8 Å². The molecule has 35 heavy (non-hydrogen) atoms. The molecule has 0 fully saturated rings. The highest BCUT2D eigenvalue weighted by Crippen LogP contribution is 2.33. The summed E-state index contributed by atoms with van der Waals surface area (Å²) >= 11 is 6.37. The summed E-state index contributed by atoms with van der Waals surface area (Å²) in [6.07, 6.45) is 2.49. The molecule has 1 aliphatic rings. The molecular weight excluding hydrogens is 460 g/mol. The van der Waals surface area contributed by atoms with Crippen molar-refractivity contribution < 1.29 is 14.3 Å². The van der Waals surface area contributed by atoms with Crippen LogP contribution in [0.3, 0.4) is 0 Å². The number of benzene rings is 2. The van der Waals surface area contributed by atoms with E-state index in [1.54, 1.807) is 17.9 Å². The van der Waals surface area contributed by atoms with E-state index in [1.165, 1.54) is 7.11 Å². The van der Waals surface area contributed by atoms with Crippen molar-refractivity contribution in [2.75, 3.05) is 13.7 Å². The van der Waals surface area contributed by atoms with Crippen LogP contribution in [0.15, 0.2) is 71.4 Å². The van der Waals surface area contributed by atoms with Crippen molar-refractivity contribution in [3.05, 3.63) is 105 Å². The van der Waals surface area contributed by atoms with Crippen LogP contribution in [0.1, 0.15) is 35.0 Å². The molecule has 0 atom stereocenters. The molecule has 0 unspecified atom stereocenters. The number of hydrogen-bond donors (Lipinski definition) is 0. The molecule has 2 aromatic carbocycles. The van der Waals surface area contributed by atoms with Crippen LogP contribution < -0.4 is 0 Å². The first-order chi connectivity index (χ1) is 16.7. The maximum absolute atomic E-state index is 13.5. The number of carbonyl (C=O) groups is 2. The van der Waals surface area contributed by atoms with Crippen LogP contribution >= 0.6 is 11.6 Å². The zero-order valence-corrected chi connectivity index (χ0v) is 21.4. The Morgan fingerprint density at radius 3 is 2.40 bits per heavy atom. The summed E-state index contributed by atoms with van der Waals surface area (Å²) in [5, 5.41) is 0.696. The van der Waals surface area contributed by atoms with Crippen LogP contribution in [0, 0.1) is 20.8 Å². The zero-order chi connectivity index (χ0) is 25.3. The molecule has 1 aliphatic heterocycles. The number of rotatable bonds is 6. The quantitative estimate of drug-likeness (QED) is 0.317. The highest BCUT2D eigenvalue weighted by molar-refractivity contribution is 6.31. The van der Waals surface area contributed by atoms with Gasteiger partial charge in [0.1, 0.15) is 0 Å². The summed E-state index contributed by atoms with van der Waals surface area (Å²) in [5.74, 6) is -0.703. The second kappa shape index (κ2) is 9.96. The Hall–Kier alpha value is -3.57. The van der Waals surface area contributed by atoms with E-state index in [1.807, 2.05) is 75.4 Å². The molecule has 180 valence electrons. The third-order valence-electron chi connectivity index (χ3n) is 6.55. The molecule has 0 saturated carbocycles. The van der Waals surface area contributed by atoms with Crippen LogP contribution in [0.2, 0.25) is 5.02 Å². The van der Waals surface area contributed by atoms with Gasteiger partial charge >= 0.3 is 5.97 Å². The summed E-state index contributed by atoms with van der Waals surface area (Å²) in [6, 6.07) is 17.9. The van der Waals surface area contributed by atoms with Gasteiger partial charge in [0.15, 0.2) is 0 Å². The Morgan fingerprint density at radius 2 is 1.74 bits per heavy atom. The fourth-order valence-electron chi connectivity index (χ4n) is 4.59. The van der Waals surface area contributed by atoms with Crippen molar-refractivity contribution >= 4 is 29.6 Å². The lowest BCUT2D eigenvalue weighted by molar-refractivity contribution is -0.136. The van der Waals surface area contributed by atoms with Crippen LogP contribution in [0.25, 0.3) is 11.8 Å². The van der Waals surface area contributed by atoms with Gasteiger partial charge in [0.2, 0.25) is 0 Å². The highest BCUT2D eigenvalue weighted by atomic mass is 35.5. The monoisotopic (exact) mass is 488 g/mol. The number of aromatic nitrogens is 1. The molecule has 0 spiro atoms. The number of ether oxygens (including phenoxy) is 1. The number of nitrogens with zero attached hydrogens (tertiary/aromatic N) is 2. The number of methoxy groups -OCH3 is 1. The summed E-state index contributed by atoms with van der Waals surface area (Å²) in [5.41, 5.74) is 7.18. The number of halogens is 1. The van der Waals surface area contributed by atoms with Crippen LogP contribution in [0.4, 0.5) is 0 Å². The van der Waals surface area contributed by atoms with E-state index in [9.17, 15) is 9.59 Å². The van der Waals surface area contributed by atoms with Crippen molar-refractivity contribution in [2.24, 2.45) is 0 Å². The molecule has 1 aromatic heterocycles. The summed E-state index contributed by atoms with van der Waals surface area (Å²) in [7, 11) is 1.34. The molecule has 5 nitrogen and oxygen atoms in total. The molecule has 0 bridgehead atoms. The lowest BCUT2D eigenvalue weighted by atomic mass is 10.0. The van der Waals surface area contributed by atoms with E-state index in [2.05, 4.69) is 4.57 Å². The van der Waals surface area contributed by atoms with Crippen molar-refractivity contribution in [1.82, 2.24) is 9.47 Å². The predicted molar refractivity (Wildman–Crippen MR) is 140 cm³/mol. The fraction of sp³-hybridized carbons (Fsp3) is 0.241. The number of allylic oxidation sites excluding steroid dienone is 1. The first-order valence-corrected chi connectivity index (χ1v) is 11.9. The summed E-state index contributed by atoms with van der Waals surface area (Å²) in [4.78, 5) is 27.9. The Kier molecular flexibility index (Phi) is 6.99. The summed E-state index contributed by atoms with van der Waals surface area (Å²) < 4.78 is 7.14. The van der Waals surface area contributed by atoms with Gasteiger partial charge in [-0.25, -0.2) is 4.79 Å². The number of amides is 1. The first-order valence-electron chi connectivity index (χ1n) is 11.6. The van der Waals surface area contributed by atoms with Gasteiger partial charge in [-0.1, -0.05) is 48.0 Å². The van der Waals surface area contributed by atoms with Crippen molar-refractivity contribution in [1.29, 1.82) is 0 Å². The Morgan fingerprint density at radius 1 is 1.03 bits per heavy atom. The number of aryl methyl sites for hydroxylation is 2. The third kappa shape index (κ3) is 4.69. The van der Waals surface area contributed by atoms with Gasteiger partial charge in [0.25, 0.3) is 5.91 Å². The predicted octanol–water partition coefficient (Wildman–Crippen LogP) is 5.97. The molecule has 0 N–H and O–H groups in total. The van der Waals surface area contributed by atoms with Gasteiger partial charge in [-0.15, -0.1) is 0 Å². The Bertz CT molecular complexity index is 1370. The van der Waals surface area contributed by atoms with E-state index in [4.69, 9.17) is 16.3 Å². The van der Waals surface area contributed by atoms with E-state index in [-0.39, 0.29) is 5.91 Å². The topological polar surface area (TPSA) is 51.5 Å². The zero-order valence-electron chi connectivity index (χ0n) is 20.7. The lowest BCUT2D eigenvalue weighted by Crippen LogP contribution is -2.27. The van der Waals surface area contributed by atoms with Gasteiger partial charge in [-0.05, 0) is 75.1 Å². The van der Waals surface area contributed by atoms with Gasteiger partial charge in [-0.3, -0.25) is 4.79 Å². The minimum absolute atomic E-state index is 0.193. The minimum Gasteiger partial charge on any atom is -0.465 e. The maximum Gasteiger partial charge on any atom is 0.340 e. The van der Waals surface area contributed by atoms with E-state index < -0.39 is 5.97 Å². The molecule has 0 aliphatic carbocycles. The molecule has 0 saturated heterocycles. The lowest BCUT2D eigenvalue weighted by Gasteiger charge is -2.17. The minimum atomic E-state index is -0.511. The molecule has 4 rings (SSSR count). The SMILES string of the molecule is COC(=O)C1=C(C)N(CCc2ccccc2)C(=O)/C1=C\c1cc(C)n(-c2ccc(C)c(Cl)c2)c1C. The molecular formula is C29H29ClN2O3. The molecule has 2 heterocycles. The highest BCUT2D eigenvalue weighted by Gasteiger charge is 2.37. The second-order valence-electron chi connectivity index (χ2n) is 8.80. The number of esters is 1. The third-order valence-corrected chi connectivity index (χ3v) is 6.96. The first kappa shape index (κ1) is 24.6. The van der Waals surface area contributed by atoms with Gasteiger partial charge in [0, 0.05) is 34.3 Å². The molecule has 6 heteroatoms. The average molecular weight is 489 g/mol. The Balaban J connectivity index is 1.73. The Labute approximate surface area is 211 Å². The van der Waals surface area contributed by atoms with Crippen molar-refractivity contribution in [2.45, 2.75) is 34.1 Å². The van der Waals surface area contributed by atoms with Gasteiger partial charge < -0.3 is 14.2 Å². The number of carbonyl (C=O) groups excluding carboxylic acids is 2. The van der Waals surface area contributed by atoms with Crippen LogP contribution in [0.5, 0.6) is 0 Å². The normalized spacial score (nSPS) is 14.9. The molecule has 3 aromatic rings. The average Bonchev–Trinajstić information content (AvgIpc) is 3.25. The van der Waals surface area contributed by atoms with Crippen LogP contribution in [-0.4, -0.2) is 35.0 Å². The van der Waals surface area contributed by atoms with Gasteiger partial charge in [0.05, 0.1) is 18.3 Å². The number of hydrogen-bond acceptors (Lipinski definition) is 3. The standard InChI is InChI=1S/C29H29ClN2O3/c1-18-11-12-24(17-26(18)30)32-19(2)15-23(20(32)3)16-25-27(29(34)35-5)21(4)31(28(25)33)14-13-22-9-7-6-8-10-22/h6-12,15-17H,13-14H2,1-5H3/b25-16-. The van der Waals surface area contributed by atoms with E-state index in [0.717, 1.165) is 33.8 Å². The maximum atomic E-state index is 13.5.